The van der Waals surface area contributed by atoms with Crippen molar-refractivity contribution in [2.45, 2.75) is 218 Å². The van der Waals surface area contributed by atoms with Gasteiger partial charge in [-0.15, -0.1) is 0 Å². The third kappa shape index (κ3) is 31.4. The van der Waals surface area contributed by atoms with Crippen molar-refractivity contribution in [2.24, 2.45) is 46.6 Å². The van der Waals surface area contributed by atoms with Crippen molar-refractivity contribution < 1.29 is 116 Å². The number of aromatic amines is 1. The summed E-state index contributed by atoms with van der Waals surface area (Å²) in [5.41, 5.74) is 23.8. The normalized spacial score (nSPS) is 21.9. The Morgan fingerprint density at radius 1 is 0.507 bits per heavy atom. The molecule has 0 bridgehead atoms. The molecule has 44 nitrogen and oxygen atoms in total. The highest BCUT2D eigenvalue weighted by molar-refractivity contribution is 6.14. The first kappa shape index (κ1) is 107. The summed E-state index contributed by atoms with van der Waals surface area (Å²) in [5.74, 6) is -25.2. The number of carbonyl (C=O) groups is 19. The number of rotatable bonds is 26. The standard InChI is InChI=1S/C90H121N19O25/c1-9-48(8)77-87(130)104-64(39-73(117)118)84(127)102-62(37-69(92)113)82(125)99-60(33-46(4)5)80(123)103-65(40-74(119)120)85(128)106-76(47(6)7)89(132)108(42-71(94)115)31-19-11-10-18-30-95-90(133)109(88(131)54-22-13-12-21-53(54)75-55-27-25-50(111)35-67(55)134-68-36-51(112)26-28-56(68)75)43-72(116)97-61(34-49-41-96-57-23-15-14-20-52(49)57)81(124)101-63(38-70(93)114)83(126)105-66(44-110)86(129)100-59(32-45(2)3)79(122)98-58(78(121)107-77)24-16-17-29-91/h12-15,20-23,25-28,35-36,41,45-48,58-66,76-77,96,110-111H,9-11,16-19,24,29-34,37-40,42-44,91H2,1-8H3,(H2,92,113)(H2,93,114)(H2,94,115)(H,95,133)(H,97,116)(H,98,122)(H,99,125)(H,100,129)(H,101,124)(H,102,127)(H,103,123)(H,104,130)(H,105,126)(H,106,128)(H,107,121)(H,117,118)(H,119,120)/t48-,58-,59-,60-,61-,62-,63-,64-,65-,66-,76-,77-/m0/s1. The van der Waals surface area contributed by atoms with Crippen LogP contribution in [0.4, 0.5) is 4.79 Å². The summed E-state index contributed by atoms with van der Waals surface area (Å²) in [6.45, 7) is 9.11. The van der Waals surface area contributed by atoms with Crippen LogP contribution in [-0.2, 0) is 87.9 Å². The third-order valence-electron chi connectivity index (χ3n) is 22.1. The molecule has 12 atom stereocenters. The van der Waals surface area contributed by atoms with Gasteiger partial charge in [0.2, 0.25) is 88.6 Å². The number of aromatic nitrogens is 1. The van der Waals surface area contributed by atoms with Crippen molar-refractivity contribution in [3.8, 4) is 28.2 Å². The van der Waals surface area contributed by atoms with Gasteiger partial charge < -0.3 is 121 Å². The molecule has 18 amide bonds. The predicted octanol–water partition coefficient (Wildman–Crippen LogP) is -1.02. The number of aliphatic hydroxyl groups excluding tert-OH is 1. The van der Waals surface area contributed by atoms with Gasteiger partial charge in [-0.3, -0.25) is 96.0 Å². The number of nitrogens with zero attached hydrogens (tertiary/aromatic N) is 2. The van der Waals surface area contributed by atoms with E-state index in [2.05, 4.69) is 68.8 Å². The van der Waals surface area contributed by atoms with E-state index >= 15 is 19.2 Å². The zero-order chi connectivity index (χ0) is 99.1. The largest absolute Gasteiger partial charge is 0.508 e. The van der Waals surface area contributed by atoms with Crippen LogP contribution in [0.2, 0.25) is 0 Å². The number of nitrogens with one attached hydrogen (secondary N) is 13. The zero-order valence-corrected chi connectivity index (χ0v) is 75.7. The van der Waals surface area contributed by atoms with Gasteiger partial charge in [0, 0.05) is 70.8 Å². The minimum atomic E-state index is -2.13. The molecule has 1 aliphatic carbocycles. The number of imide groups is 1. The monoisotopic (exact) mass is 1870 g/mol. The molecule has 1 fully saturated rings. The molecule has 134 heavy (non-hydrogen) atoms. The van der Waals surface area contributed by atoms with Gasteiger partial charge in [0.1, 0.15) is 90.1 Å². The zero-order valence-electron chi connectivity index (χ0n) is 75.7. The number of phenolic OH excluding ortho intramolecular Hbond substituents is 1. The number of benzene rings is 4. The van der Waals surface area contributed by atoms with Crippen molar-refractivity contribution in [2.75, 3.05) is 39.3 Å². The fraction of sp³-hybridized carbons (Fsp3) is 0.489. The van der Waals surface area contributed by atoms with Gasteiger partial charge in [0.15, 0.2) is 5.43 Å². The summed E-state index contributed by atoms with van der Waals surface area (Å²) in [7, 11) is 0. The molecule has 0 saturated carbocycles. The number of amides is 18. The minimum Gasteiger partial charge on any atom is -0.508 e. The van der Waals surface area contributed by atoms with E-state index in [1.807, 2.05) is 0 Å². The van der Waals surface area contributed by atoms with E-state index in [0.717, 1.165) is 4.90 Å². The number of aromatic hydroxyl groups is 1. The summed E-state index contributed by atoms with van der Waals surface area (Å²) in [4.78, 5) is 287. The van der Waals surface area contributed by atoms with Crippen molar-refractivity contribution in [3.05, 3.63) is 112 Å². The minimum absolute atomic E-state index is 0.0265. The molecule has 3 aliphatic rings. The highest BCUT2D eigenvalue weighted by Gasteiger charge is 2.42. The van der Waals surface area contributed by atoms with Crippen molar-refractivity contribution in [3.63, 3.8) is 0 Å². The maximum Gasteiger partial charge on any atom is 0.324 e. The molecular formula is C90H121N19O25. The lowest BCUT2D eigenvalue weighted by Crippen LogP contribution is -2.62. The van der Waals surface area contributed by atoms with E-state index in [-0.39, 0.29) is 118 Å². The molecule has 1 aromatic heterocycles. The number of unbranched alkanes of at least 4 members (excludes halogenated alkanes) is 1. The quantitative estimate of drug-likeness (QED) is 0.0228. The number of urea groups is 1. The fourth-order valence-electron chi connectivity index (χ4n) is 15.1. The first-order valence-corrected chi connectivity index (χ1v) is 44.1. The molecule has 0 unspecified atom stereocenters. The third-order valence-corrected chi connectivity index (χ3v) is 22.1. The predicted molar refractivity (Wildman–Crippen MR) is 483 cm³/mol. The fourth-order valence-corrected chi connectivity index (χ4v) is 15.1. The van der Waals surface area contributed by atoms with Gasteiger partial charge in [0.25, 0.3) is 5.91 Å². The second-order valence-corrected chi connectivity index (χ2v) is 34.2. The second kappa shape index (κ2) is 50.8. The van der Waals surface area contributed by atoms with Crippen LogP contribution < -0.4 is 92.2 Å². The number of hydrogen-bond donors (Lipinski definition) is 21. The lowest BCUT2D eigenvalue weighted by molar-refractivity contribution is -0.143. The van der Waals surface area contributed by atoms with Crippen LogP contribution in [0.3, 0.4) is 0 Å². The maximum absolute atomic E-state index is 15.7. The highest BCUT2D eigenvalue weighted by Crippen LogP contribution is 2.42. The number of aliphatic hydroxyl groups is 1. The smallest absolute Gasteiger partial charge is 0.324 e. The number of fused-ring (bicyclic) bond motifs is 3. The number of carboxylic acids is 2. The molecular weight excluding hydrogens is 1750 g/mol. The van der Waals surface area contributed by atoms with Gasteiger partial charge >= 0.3 is 18.0 Å². The molecule has 726 valence electrons. The van der Waals surface area contributed by atoms with Gasteiger partial charge in [-0.2, -0.15) is 0 Å². The van der Waals surface area contributed by atoms with E-state index in [1.54, 1.807) is 65.0 Å². The molecule has 0 spiro atoms. The Bertz CT molecular complexity index is 5320. The van der Waals surface area contributed by atoms with Crippen molar-refractivity contribution in [1.82, 2.24) is 78.6 Å². The summed E-state index contributed by atoms with van der Waals surface area (Å²) in [5, 5.41) is 71.7. The second-order valence-electron chi connectivity index (χ2n) is 34.2. The van der Waals surface area contributed by atoms with E-state index in [1.165, 1.54) is 81.6 Å². The van der Waals surface area contributed by atoms with Gasteiger partial charge in [0.05, 0.1) is 38.8 Å². The number of aliphatic carboxylic acids is 2. The first-order chi connectivity index (χ1) is 63.4. The Labute approximate surface area is 770 Å². The maximum atomic E-state index is 15.7. The highest BCUT2D eigenvalue weighted by atomic mass is 16.4. The Morgan fingerprint density at radius 3 is 1.57 bits per heavy atom. The average Bonchev–Trinajstić information content (AvgIpc) is 0.901. The van der Waals surface area contributed by atoms with Crippen LogP contribution >= 0.6 is 0 Å². The summed E-state index contributed by atoms with van der Waals surface area (Å²) >= 11 is 0. The van der Waals surface area contributed by atoms with Gasteiger partial charge in [-0.1, -0.05) is 111 Å². The summed E-state index contributed by atoms with van der Waals surface area (Å²) < 4.78 is 6.09. The lowest BCUT2D eigenvalue weighted by atomic mass is 9.90. The number of primary amides is 3. The molecule has 7 rings (SSSR count). The van der Waals surface area contributed by atoms with Gasteiger partial charge in [-0.25, -0.2) is 4.79 Å². The molecule has 4 aromatic rings. The van der Waals surface area contributed by atoms with Crippen molar-refractivity contribution >= 4 is 134 Å². The number of hydrogen-bond acceptors (Lipinski definition) is 24. The Hall–Kier alpha value is -14.5. The summed E-state index contributed by atoms with van der Waals surface area (Å²) in [6.07, 6.45) is -2.80. The van der Waals surface area contributed by atoms with E-state index in [0.29, 0.717) is 32.3 Å². The number of nitrogens with two attached hydrogens (primary N) is 4. The van der Waals surface area contributed by atoms with Crippen LogP contribution in [0.15, 0.2) is 100 Å². The van der Waals surface area contributed by atoms with Crippen molar-refractivity contribution in [1.29, 1.82) is 0 Å². The molecule has 2 aliphatic heterocycles. The average molecular weight is 1870 g/mol. The Kier molecular flexibility index (Phi) is 40.4. The van der Waals surface area contributed by atoms with Gasteiger partial charge in [-0.05, 0) is 123 Å². The number of H-pyrrole nitrogens is 1. The topological polar surface area (TPSA) is 706 Å². The SMILES string of the molecule is CC[C@H](C)[C@@H]1NC(=O)[C@H](CCCCN)NC(=O)[C@H](CC(C)C)NC(=O)[C@H](CO)NC(=O)[C@H](CC(N)=O)NC(=O)[C@H](Cc2c[nH]c3ccccc23)NC(=O)CN(C(=O)c2ccccc2-c2c3ccc(=O)cc-3oc3cc(O)ccc23)C(=O)NCCCCCCN(CC(N)=O)C(=O)[C@H](C(C)C)NC(=O)[C@H](CC(=O)O)NC(=O)[C@H](CC(C)C)NC(=O)[C@H](CC(N)=O)NC(=O)[C@H](CC(=O)O)NC1=O. The van der Waals surface area contributed by atoms with E-state index < -0.39 is 260 Å². The Balaban J connectivity index is 1.31. The number of phenols is 1. The Morgan fingerprint density at radius 2 is 1.01 bits per heavy atom. The van der Waals surface area contributed by atoms with Crippen LogP contribution in [0.1, 0.15) is 161 Å². The molecule has 25 N–H and O–H groups in total. The van der Waals surface area contributed by atoms with Crippen LogP contribution in [0, 0.1) is 23.7 Å². The summed E-state index contributed by atoms with van der Waals surface area (Å²) in [6, 6.07) is -0.802. The molecule has 1 saturated heterocycles. The number of carbonyl (C=O) groups excluding carboxylic acids is 17. The lowest BCUT2D eigenvalue weighted by Gasteiger charge is -2.31. The first-order valence-electron chi connectivity index (χ1n) is 44.1. The number of carboxylic acid groups (broad SMARTS) is 2. The van der Waals surface area contributed by atoms with Crippen LogP contribution in [-0.4, -0.2) is 253 Å². The molecule has 3 aromatic carbocycles. The molecule has 44 heteroatoms. The van der Waals surface area contributed by atoms with E-state index in [4.69, 9.17) is 27.4 Å². The van der Waals surface area contributed by atoms with Crippen LogP contribution in [0.25, 0.3) is 44.3 Å². The number of para-hydroxylation sites is 1. The van der Waals surface area contributed by atoms with Crippen LogP contribution in [0.5, 0.6) is 5.75 Å². The molecule has 0 radical (unpaired) electrons. The molecule has 3 heterocycles. The van der Waals surface area contributed by atoms with E-state index in [9.17, 15) is 97.1 Å².